The molecule has 1 atom stereocenters. The van der Waals surface area contributed by atoms with Crippen LogP contribution < -0.4 is 9.64 Å². The standard InChI is InChI=1S/C12H20N4O3S/c1-4-20(17,18)16-6-5-10(9-16)19-12-8-13-7-11(14-12)15(2)3/h7-8,10H,4-6,9H2,1-3H3/t10-/m1/s1. The second kappa shape index (κ2) is 5.92. The van der Waals surface area contributed by atoms with Gasteiger partial charge >= 0.3 is 0 Å². The molecule has 7 nitrogen and oxygen atoms in total. The van der Waals surface area contributed by atoms with Gasteiger partial charge in [0, 0.05) is 20.6 Å². The van der Waals surface area contributed by atoms with Crippen molar-refractivity contribution in [3.8, 4) is 5.88 Å². The molecular formula is C12H20N4O3S. The Morgan fingerprint density at radius 2 is 2.20 bits per heavy atom. The van der Waals surface area contributed by atoms with Crippen LogP contribution in [0, 0.1) is 0 Å². The topological polar surface area (TPSA) is 75.6 Å². The molecule has 112 valence electrons. The molecule has 0 aromatic carbocycles. The zero-order chi connectivity index (χ0) is 14.8. The zero-order valence-electron chi connectivity index (χ0n) is 12.0. The third-order valence-electron chi connectivity index (χ3n) is 3.21. The molecule has 20 heavy (non-hydrogen) atoms. The van der Waals surface area contributed by atoms with E-state index in [1.54, 1.807) is 19.3 Å². The lowest BCUT2D eigenvalue weighted by Crippen LogP contribution is -2.32. The molecule has 0 amide bonds. The summed E-state index contributed by atoms with van der Waals surface area (Å²) in [4.78, 5) is 10.2. The molecule has 1 aliphatic rings. The van der Waals surface area contributed by atoms with E-state index in [2.05, 4.69) is 9.97 Å². The molecular weight excluding hydrogens is 280 g/mol. The summed E-state index contributed by atoms with van der Waals surface area (Å²) in [5.74, 6) is 1.26. The third kappa shape index (κ3) is 3.37. The summed E-state index contributed by atoms with van der Waals surface area (Å²) in [5, 5.41) is 0. The number of hydrogen-bond donors (Lipinski definition) is 0. The fraction of sp³-hybridized carbons (Fsp3) is 0.667. The van der Waals surface area contributed by atoms with Crippen LogP contribution >= 0.6 is 0 Å². The summed E-state index contributed by atoms with van der Waals surface area (Å²) < 4.78 is 30.8. The van der Waals surface area contributed by atoms with Gasteiger partial charge in [-0.3, -0.25) is 4.98 Å². The van der Waals surface area contributed by atoms with Crippen molar-refractivity contribution in [1.29, 1.82) is 0 Å². The number of anilines is 1. The van der Waals surface area contributed by atoms with Crippen molar-refractivity contribution in [2.24, 2.45) is 0 Å². The number of rotatable bonds is 5. The van der Waals surface area contributed by atoms with Crippen LogP contribution in [-0.2, 0) is 10.0 Å². The molecule has 0 unspecified atom stereocenters. The number of nitrogens with zero attached hydrogens (tertiary/aromatic N) is 4. The minimum absolute atomic E-state index is 0.121. The molecule has 0 spiro atoms. The van der Waals surface area contributed by atoms with Crippen molar-refractivity contribution in [1.82, 2.24) is 14.3 Å². The Kier molecular flexibility index (Phi) is 4.44. The molecule has 1 saturated heterocycles. The van der Waals surface area contributed by atoms with E-state index in [-0.39, 0.29) is 11.9 Å². The van der Waals surface area contributed by atoms with Gasteiger partial charge in [0.2, 0.25) is 15.9 Å². The van der Waals surface area contributed by atoms with Gasteiger partial charge in [-0.25, -0.2) is 8.42 Å². The number of ether oxygens (including phenoxy) is 1. The molecule has 0 radical (unpaired) electrons. The highest BCUT2D eigenvalue weighted by Crippen LogP contribution is 2.20. The molecule has 2 heterocycles. The second-order valence-electron chi connectivity index (χ2n) is 4.90. The van der Waals surface area contributed by atoms with Crippen LogP contribution in [0.3, 0.4) is 0 Å². The average molecular weight is 300 g/mol. The maximum absolute atomic E-state index is 11.8. The van der Waals surface area contributed by atoms with Crippen molar-refractivity contribution >= 4 is 15.8 Å². The van der Waals surface area contributed by atoms with Gasteiger partial charge in [-0.2, -0.15) is 9.29 Å². The highest BCUT2D eigenvalue weighted by Gasteiger charge is 2.31. The molecule has 1 aromatic rings. The first-order valence-corrected chi connectivity index (χ1v) is 8.17. The third-order valence-corrected chi connectivity index (χ3v) is 5.06. The summed E-state index contributed by atoms with van der Waals surface area (Å²) in [6.45, 7) is 2.53. The normalized spacial score (nSPS) is 20.1. The van der Waals surface area contributed by atoms with Gasteiger partial charge in [0.25, 0.3) is 0 Å². The van der Waals surface area contributed by atoms with Gasteiger partial charge in [-0.05, 0) is 13.3 Å². The summed E-state index contributed by atoms with van der Waals surface area (Å²) in [6, 6.07) is 0. The SMILES string of the molecule is CCS(=O)(=O)N1CC[C@@H](Oc2cncc(N(C)C)n2)C1. The Bertz CT molecular complexity index is 562. The number of aromatic nitrogens is 2. The molecule has 0 bridgehead atoms. The van der Waals surface area contributed by atoms with Crippen LogP contribution in [0.25, 0.3) is 0 Å². The summed E-state index contributed by atoms with van der Waals surface area (Å²) in [5.41, 5.74) is 0. The summed E-state index contributed by atoms with van der Waals surface area (Å²) in [7, 11) is 0.612. The van der Waals surface area contributed by atoms with Crippen LogP contribution in [0.15, 0.2) is 12.4 Å². The van der Waals surface area contributed by atoms with Gasteiger partial charge in [0.1, 0.15) is 6.10 Å². The van der Waals surface area contributed by atoms with Gasteiger partial charge in [0.05, 0.1) is 24.7 Å². The Balaban J connectivity index is 2.00. The monoisotopic (exact) mass is 300 g/mol. The molecule has 2 rings (SSSR count). The van der Waals surface area contributed by atoms with Crippen molar-refractivity contribution < 1.29 is 13.2 Å². The zero-order valence-corrected chi connectivity index (χ0v) is 12.8. The predicted octanol–water partition coefficient (Wildman–Crippen LogP) is 0.345. The summed E-state index contributed by atoms with van der Waals surface area (Å²) >= 11 is 0. The molecule has 8 heteroatoms. The lowest BCUT2D eigenvalue weighted by atomic mass is 10.3. The Morgan fingerprint density at radius 3 is 2.85 bits per heavy atom. The summed E-state index contributed by atoms with van der Waals surface area (Å²) in [6.07, 6.45) is 3.70. The van der Waals surface area contributed by atoms with Gasteiger partial charge in [-0.15, -0.1) is 0 Å². The minimum atomic E-state index is -3.14. The van der Waals surface area contributed by atoms with E-state index in [1.165, 1.54) is 4.31 Å². The smallest absolute Gasteiger partial charge is 0.234 e. The van der Waals surface area contributed by atoms with Crippen LogP contribution in [0.2, 0.25) is 0 Å². The fourth-order valence-corrected chi connectivity index (χ4v) is 3.15. The van der Waals surface area contributed by atoms with E-state index in [0.717, 1.165) is 0 Å². The Hall–Kier alpha value is -1.41. The first-order valence-electron chi connectivity index (χ1n) is 6.56. The van der Waals surface area contributed by atoms with Gasteiger partial charge in [-0.1, -0.05) is 0 Å². The fourth-order valence-electron chi connectivity index (χ4n) is 2.01. The second-order valence-corrected chi connectivity index (χ2v) is 7.15. The average Bonchev–Trinajstić information content (AvgIpc) is 2.88. The van der Waals surface area contributed by atoms with E-state index in [0.29, 0.717) is 31.2 Å². The highest BCUT2D eigenvalue weighted by atomic mass is 32.2. The minimum Gasteiger partial charge on any atom is -0.472 e. The van der Waals surface area contributed by atoms with E-state index >= 15 is 0 Å². The van der Waals surface area contributed by atoms with Gasteiger partial charge < -0.3 is 9.64 Å². The number of sulfonamides is 1. The molecule has 0 saturated carbocycles. The van der Waals surface area contributed by atoms with Crippen molar-refractivity contribution in [2.75, 3.05) is 37.8 Å². The first kappa shape index (κ1) is 15.0. The van der Waals surface area contributed by atoms with Crippen LogP contribution in [0.4, 0.5) is 5.82 Å². The van der Waals surface area contributed by atoms with E-state index in [4.69, 9.17) is 4.74 Å². The van der Waals surface area contributed by atoms with E-state index in [9.17, 15) is 8.42 Å². The van der Waals surface area contributed by atoms with Crippen molar-refractivity contribution in [3.05, 3.63) is 12.4 Å². The Labute approximate surface area is 119 Å². The van der Waals surface area contributed by atoms with Crippen LogP contribution in [-0.4, -0.2) is 61.7 Å². The maximum Gasteiger partial charge on any atom is 0.234 e. The van der Waals surface area contributed by atoms with E-state index in [1.807, 2.05) is 19.0 Å². The maximum atomic E-state index is 11.8. The van der Waals surface area contributed by atoms with Crippen molar-refractivity contribution in [3.63, 3.8) is 0 Å². The molecule has 0 N–H and O–H groups in total. The van der Waals surface area contributed by atoms with Crippen molar-refractivity contribution in [2.45, 2.75) is 19.4 Å². The van der Waals surface area contributed by atoms with Crippen LogP contribution in [0.1, 0.15) is 13.3 Å². The first-order chi connectivity index (χ1) is 9.42. The molecule has 1 aromatic heterocycles. The quantitative estimate of drug-likeness (QED) is 0.781. The number of hydrogen-bond acceptors (Lipinski definition) is 6. The molecule has 1 fully saturated rings. The predicted molar refractivity (Wildman–Crippen MR) is 76.4 cm³/mol. The Morgan fingerprint density at radius 1 is 1.45 bits per heavy atom. The lowest BCUT2D eigenvalue weighted by molar-refractivity contribution is 0.206. The lowest BCUT2D eigenvalue weighted by Gasteiger charge is -2.16. The molecule has 0 aliphatic carbocycles. The highest BCUT2D eigenvalue weighted by molar-refractivity contribution is 7.89. The van der Waals surface area contributed by atoms with E-state index < -0.39 is 10.0 Å². The largest absolute Gasteiger partial charge is 0.472 e. The van der Waals surface area contributed by atoms with Crippen LogP contribution in [0.5, 0.6) is 5.88 Å². The molecule has 1 aliphatic heterocycles. The van der Waals surface area contributed by atoms with Gasteiger partial charge in [0.15, 0.2) is 5.82 Å².